The fourth-order valence-corrected chi connectivity index (χ4v) is 1.99. The number of pyridine rings is 1. The molecule has 0 amide bonds. The van der Waals surface area contributed by atoms with Crippen LogP contribution in [0.15, 0.2) is 24.5 Å². The highest BCUT2D eigenvalue weighted by Crippen LogP contribution is 2.33. The predicted molar refractivity (Wildman–Crippen MR) is 78.6 cm³/mol. The number of nitrogens with one attached hydrogen (secondary N) is 1. The lowest BCUT2D eigenvalue weighted by Crippen LogP contribution is -2.19. The van der Waals surface area contributed by atoms with E-state index in [2.05, 4.69) is 42.9 Å². The minimum atomic E-state index is 0.259. The van der Waals surface area contributed by atoms with Crippen LogP contribution in [-0.4, -0.2) is 15.2 Å². The van der Waals surface area contributed by atoms with Crippen LogP contribution in [0.5, 0.6) is 0 Å². The van der Waals surface area contributed by atoms with Crippen LogP contribution in [0, 0.1) is 11.3 Å². The summed E-state index contributed by atoms with van der Waals surface area (Å²) in [7, 11) is 0. The molecule has 1 unspecified atom stereocenters. The van der Waals surface area contributed by atoms with E-state index in [1.54, 1.807) is 12.4 Å². The van der Waals surface area contributed by atoms with E-state index in [0.717, 1.165) is 23.2 Å². The van der Waals surface area contributed by atoms with Crippen LogP contribution in [0.1, 0.15) is 33.4 Å². The van der Waals surface area contributed by atoms with Crippen molar-refractivity contribution in [3.63, 3.8) is 0 Å². The monoisotopic (exact) mass is 258 g/mol. The van der Waals surface area contributed by atoms with Gasteiger partial charge in [0, 0.05) is 23.7 Å². The number of nitrogens with two attached hydrogens (primary N) is 1. The van der Waals surface area contributed by atoms with Gasteiger partial charge in [-0.05, 0) is 35.4 Å². The third kappa shape index (κ3) is 2.95. The van der Waals surface area contributed by atoms with E-state index in [4.69, 9.17) is 5.73 Å². The van der Waals surface area contributed by atoms with E-state index < -0.39 is 0 Å². The summed E-state index contributed by atoms with van der Waals surface area (Å²) in [6.45, 7) is 9.02. The van der Waals surface area contributed by atoms with E-state index >= 15 is 0 Å². The summed E-state index contributed by atoms with van der Waals surface area (Å²) in [5, 5.41) is 7.24. The van der Waals surface area contributed by atoms with Crippen LogP contribution < -0.4 is 5.73 Å². The molecule has 2 aromatic rings. The third-order valence-corrected chi connectivity index (χ3v) is 3.83. The lowest BCUT2D eigenvalue weighted by atomic mass is 9.79. The summed E-state index contributed by atoms with van der Waals surface area (Å²) in [6.07, 6.45) is 4.49. The van der Waals surface area contributed by atoms with Gasteiger partial charge >= 0.3 is 0 Å². The Morgan fingerprint density at radius 3 is 2.47 bits per heavy atom. The Hall–Kier alpha value is -1.84. The maximum absolute atomic E-state index is 6.00. The van der Waals surface area contributed by atoms with E-state index in [9.17, 15) is 0 Å². The SMILES string of the molecule is CC(Cc1[nH]nc(N)c1-c1ccncc1)C(C)(C)C. The molecule has 2 aromatic heterocycles. The molecule has 0 aliphatic heterocycles. The molecular weight excluding hydrogens is 236 g/mol. The zero-order valence-corrected chi connectivity index (χ0v) is 12.1. The second-order valence-electron chi connectivity index (χ2n) is 6.17. The van der Waals surface area contributed by atoms with Gasteiger partial charge in [-0.1, -0.05) is 27.7 Å². The fraction of sp³-hybridized carbons (Fsp3) is 0.467. The Kier molecular flexibility index (Phi) is 3.60. The van der Waals surface area contributed by atoms with E-state index in [1.807, 2.05) is 12.1 Å². The zero-order valence-electron chi connectivity index (χ0n) is 12.1. The first-order valence-corrected chi connectivity index (χ1v) is 6.62. The van der Waals surface area contributed by atoms with Crippen LogP contribution in [0.2, 0.25) is 0 Å². The van der Waals surface area contributed by atoms with Crippen molar-refractivity contribution in [2.75, 3.05) is 5.73 Å². The number of aromatic amines is 1. The van der Waals surface area contributed by atoms with Crippen LogP contribution in [0.25, 0.3) is 11.1 Å². The summed E-state index contributed by atoms with van der Waals surface area (Å²) in [6, 6.07) is 3.93. The van der Waals surface area contributed by atoms with Gasteiger partial charge in [0.25, 0.3) is 0 Å². The summed E-state index contributed by atoms with van der Waals surface area (Å²) >= 11 is 0. The highest BCUT2D eigenvalue weighted by atomic mass is 15.2. The quantitative estimate of drug-likeness (QED) is 0.887. The standard InChI is InChI=1S/C15H22N4/c1-10(15(2,3)4)9-12-13(14(16)19-18-12)11-5-7-17-8-6-11/h5-8,10H,9H2,1-4H3,(H3,16,18,19). The number of nitrogens with zero attached hydrogens (tertiary/aromatic N) is 2. The molecular formula is C15H22N4. The predicted octanol–water partition coefficient (Wildman–Crippen LogP) is 3.28. The number of anilines is 1. The van der Waals surface area contributed by atoms with Gasteiger partial charge in [0.2, 0.25) is 0 Å². The Morgan fingerprint density at radius 2 is 1.89 bits per heavy atom. The van der Waals surface area contributed by atoms with Gasteiger partial charge in [0.05, 0.1) is 0 Å². The fourth-order valence-electron chi connectivity index (χ4n) is 1.99. The van der Waals surface area contributed by atoms with Crippen molar-refractivity contribution in [1.29, 1.82) is 0 Å². The molecule has 0 aromatic carbocycles. The maximum atomic E-state index is 6.00. The molecule has 0 radical (unpaired) electrons. The van der Waals surface area contributed by atoms with Crippen molar-refractivity contribution in [2.24, 2.45) is 11.3 Å². The smallest absolute Gasteiger partial charge is 0.153 e. The maximum Gasteiger partial charge on any atom is 0.153 e. The number of hydrogen-bond donors (Lipinski definition) is 2. The molecule has 3 N–H and O–H groups in total. The van der Waals surface area contributed by atoms with Crippen LogP contribution in [-0.2, 0) is 6.42 Å². The molecule has 0 spiro atoms. The first-order valence-electron chi connectivity index (χ1n) is 6.62. The van der Waals surface area contributed by atoms with Gasteiger partial charge in [0.1, 0.15) is 0 Å². The summed E-state index contributed by atoms with van der Waals surface area (Å²) in [5.74, 6) is 1.09. The Bertz CT molecular complexity index is 537. The molecule has 0 fully saturated rings. The lowest BCUT2D eigenvalue weighted by molar-refractivity contribution is 0.258. The van der Waals surface area contributed by atoms with E-state index in [-0.39, 0.29) is 5.41 Å². The largest absolute Gasteiger partial charge is 0.382 e. The topological polar surface area (TPSA) is 67.6 Å². The molecule has 0 saturated carbocycles. The summed E-state index contributed by atoms with van der Waals surface area (Å²) in [5.41, 5.74) is 9.44. The van der Waals surface area contributed by atoms with Crippen molar-refractivity contribution < 1.29 is 0 Å². The molecule has 0 aliphatic rings. The molecule has 4 nitrogen and oxygen atoms in total. The van der Waals surface area contributed by atoms with Crippen LogP contribution in [0.4, 0.5) is 5.82 Å². The molecule has 0 bridgehead atoms. The minimum absolute atomic E-state index is 0.259. The highest BCUT2D eigenvalue weighted by molar-refractivity contribution is 5.75. The number of hydrogen-bond acceptors (Lipinski definition) is 3. The second-order valence-corrected chi connectivity index (χ2v) is 6.17. The number of nitrogen functional groups attached to an aromatic ring is 1. The first kappa shape index (κ1) is 13.6. The molecule has 0 saturated heterocycles. The average Bonchev–Trinajstić information content (AvgIpc) is 2.70. The molecule has 4 heteroatoms. The van der Waals surface area contributed by atoms with Crippen molar-refractivity contribution in [3.05, 3.63) is 30.2 Å². The number of H-pyrrole nitrogens is 1. The van der Waals surface area contributed by atoms with Gasteiger partial charge in [-0.3, -0.25) is 10.1 Å². The summed E-state index contributed by atoms with van der Waals surface area (Å²) in [4.78, 5) is 4.04. The highest BCUT2D eigenvalue weighted by Gasteiger charge is 2.23. The minimum Gasteiger partial charge on any atom is -0.382 e. The number of rotatable bonds is 3. The van der Waals surface area contributed by atoms with Gasteiger partial charge in [0.15, 0.2) is 5.82 Å². The van der Waals surface area contributed by atoms with Gasteiger partial charge in [-0.15, -0.1) is 0 Å². The molecule has 1 atom stereocenters. The molecule has 102 valence electrons. The third-order valence-electron chi connectivity index (χ3n) is 3.83. The number of aromatic nitrogens is 3. The Labute approximate surface area is 114 Å². The van der Waals surface area contributed by atoms with Gasteiger partial charge < -0.3 is 5.73 Å². The van der Waals surface area contributed by atoms with Gasteiger partial charge in [-0.25, -0.2) is 0 Å². The molecule has 19 heavy (non-hydrogen) atoms. The van der Waals surface area contributed by atoms with E-state index in [1.165, 1.54) is 0 Å². The average molecular weight is 258 g/mol. The lowest BCUT2D eigenvalue weighted by Gasteiger charge is -2.27. The molecule has 0 aliphatic carbocycles. The zero-order chi connectivity index (χ0) is 14.0. The van der Waals surface area contributed by atoms with Crippen molar-refractivity contribution in [2.45, 2.75) is 34.1 Å². The normalized spacial score (nSPS) is 13.5. The summed E-state index contributed by atoms with van der Waals surface area (Å²) < 4.78 is 0. The van der Waals surface area contributed by atoms with Crippen molar-refractivity contribution in [1.82, 2.24) is 15.2 Å². The van der Waals surface area contributed by atoms with Gasteiger partial charge in [-0.2, -0.15) is 5.10 Å². The Balaban J connectivity index is 2.34. The van der Waals surface area contributed by atoms with Crippen LogP contribution >= 0.6 is 0 Å². The molecule has 2 heterocycles. The first-order chi connectivity index (χ1) is 8.89. The Morgan fingerprint density at radius 1 is 1.26 bits per heavy atom. The van der Waals surface area contributed by atoms with Crippen molar-refractivity contribution >= 4 is 5.82 Å². The molecule has 2 rings (SSSR count). The second kappa shape index (κ2) is 5.03. The van der Waals surface area contributed by atoms with Crippen LogP contribution in [0.3, 0.4) is 0 Å². The van der Waals surface area contributed by atoms with E-state index in [0.29, 0.717) is 11.7 Å². The van der Waals surface area contributed by atoms with Crippen molar-refractivity contribution in [3.8, 4) is 11.1 Å².